The van der Waals surface area contributed by atoms with E-state index < -0.39 is 0 Å². The summed E-state index contributed by atoms with van der Waals surface area (Å²) in [7, 11) is 0. The van der Waals surface area contributed by atoms with Gasteiger partial charge in [-0.3, -0.25) is 0 Å². The van der Waals surface area contributed by atoms with Crippen LogP contribution >= 0.6 is 0 Å². The molecule has 0 saturated carbocycles. The van der Waals surface area contributed by atoms with Crippen LogP contribution in [0.1, 0.15) is 13.3 Å². The standard InChI is InChI=1S/C18H20O2.Y/c1-15(2)18(20-17-11-7-4-8-12-17)13-14-19-16-9-5-3-6-10-16;/h3-12,14-15,18H,1,13H2,2H3;/q-2;. The Morgan fingerprint density at radius 3 is 2.00 bits per heavy atom. The third kappa shape index (κ3) is 6.62. The van der Waals surface area contributed by atoms with Crippen molar-refractivity contribution in [2.45, 2.75) is 19.4 Å². The van der Waals surface area contributed by atoms with Crippen molar-refractivity contribution in [3.8, 4) is 11.5 Å². The Labute approximate surface area is 152 Å². The van der Waals surface area contributed by atoms with Crippen molar-refractivity contribution < 1.29 is 42.2 Å². The first kappa shape index (κ1) is 18.2. The van der Waals surface area contributed by atoms with Crippen LogP contribution in [0.15, 0.2) is 60.7 Å². The molecule has 0 bridgehead atoms. The molecular weight excluding hydrogens is 337 g/mol. The molecule has 0 spiro atoms. The monoisotopic (exact) mass is 357 g/mol. The zero-order chi connectivity index (χ0) is 14.2. The Morgan fingerprint density at radius 2 is 1.48 bits per heavy atom. The van der Waals surface area contributed by atoms with E-state index in [9.17, 15) is 0 Å². The predicted octanol–water partition coefficient (Wildman–Crippen LogP) is 4.53. The minimum absolute atomic E-state index is 0. The zero-order valence-corrected chi connectivity index (χ0v) is 15.2. The van der Waals surface area contributed by atoms with E-state index in [1.807, 2.05) is 67.6 Å². The number of hydrogen-bond acceptors (Lipinski definition) is 2. The molecule has 0 aliphatic rings. The fourth-order valence-electron chi connectivity index (χ4n) is 1.81. The molecule has 2 nitrogen and oxygen atoms in total. The van der Waals surface area contributed by atoms with Gasteiger partial charge >= 0.3 is 0 Å². The molecule has 3 heteroatoms. The van der Waals surface area contributed by atoms with Crippen molar-refractivity contribution in [2.24, 2.45) is 5.92 Å². The minimum Gasteiger partial charge on any atom is -0.662 e. The number of ether oxygens (including phenoxy) is 2. The third-order valence-electron chi connectivity index (χ3n) is 2.96. The van der Waals surface area contributed by atoms with Gasteiger partial charge in [0.25, 0.3) is 0 Å². The van der Waals surface area contributed by atoms with Gasteiger partial charge in [0.15, 0.2) is 0 Å². The van der Waals surface area contributed by atoms with Gasteiger partial charge in [-0.15, -0.1) is 12.3 Å². The number of rotatable bonds is 7. The molecule has 1 radical (unpaired) electrons. The Bertz CT molecular complexity index is 485. The van der Waals surface area contributed by atoms with Crippen LogP contribution in [-0.2, 0) is 32.7 Å². The zero-order valence-electron chi connectivity index (χ0n) is 12.3. The summed E-state index contributed by atoms with van der Waals surface area (Å²) in [5.74, 6) is 1.87. The van der Waals surface area contributed by atoms with Gasteiger partial charge in [-0.05, 0) is 24.3 Å². The largest absolute Gasteiger partial charge is 0.662 e. The van der Waals surface area contributed by atoms with E-state index in [1.54, 1.807) is 6.61 Å². The van der Waals surface area contributed by atoms with Crippen LogP contribution in [0.4, 0.5) is 0 Å². The summed E-state index contributed by atoms with van der Waals surface area (Å²) < 4.78 is 11.5. The van der Waals surface area contributed by atoms with Crippen LogP contribution in [0.2, 0.25) is 0 Å². The van der Waals surface area contributed by atoms with Gasteiger partial charge in [0.1, 0.15) is 5.75 Å². The molecule has 0 amide bonds. The Balaban J connectivity index is 0.00000220. The molecule has 21 heavy (non-hydrogen) atoms. The fourth-order valence-corrected chi connectivity index (χ4v) is 1.81. The van der Waals surface area contributed by atoms with Crippen molar-refractivity contribution >= 4 is 0 Å². The minimum atomic E-state index is 0. The van der Waals surface area contributed by atoms with Gasteiger partial charge in [-0.1, -0.05) is 43.3 Å². The molecule has 109 valence electrons. The summed E-state index contributed by atoms with van der Waals surface area (Å²) in [4.78, 5) is 0. The maximum Gasteiger partial charge on any atom is 0.119 e. The summed E-state index contributed by atoms with van der Waals surface area (Å²) in [6, 6.07) is 19.5. The van der Waals surface area contributed by atoms with Crippen molar-refractivity contribution in [1.29, 1.82) is 0 Å². The molecule has 2 aromatic rings. The fraction of sp³-hybridized carbons (Fsp3) is 0.222. The first-order valence-electron chi connectivity index (χ1n) is 6.84. The van der Waals surface area contributed by atoms with Gasteiger partial charge in [0, 0.05) is 32.7 Å². The molecule has 0 N–H and O–H groups in total. The first-order chi connectivity index (χ1) is 9.75. The number of benzene rings is 2. The van der Waals surface area contributed by atoms with E-state index in [2.05, 4.69) is 6.92 Å². The van der Waals surface area contributed by atoms with Gasteiger partial charge in [-0.2, -0.15) is 6.61 Å². The van der Waals surface area contributed by atoms with Crippen LogP contribution in [-0.4, -0.2) is 6.10 Å². The average molecular weight is 357 g/mol. The van der Waals surface area contributed by atoms with E-state index in [1.165, 1.54) is 0 Å². The maximum atomic E-state index is 5.94. The first-order valence-corrected chi connectivity index (χ1v) is 6.84. The van der Waals surface area contributed by atoms with Crippen LogP contribution in [0.3, 0.4) is 0 Å². The van der Waals surface area contributed by atoms with Gasteiger partial charge in [0.2, 0.25) is 0 Å². The molecular formula is C18H20O2Y-2. The molecule has 0 heterocycles. The van der Waals surface area contributed by atoms with Gasteiger partial charge < -0.3 is 16.4 Å². The van der Waals surface area contributed by atoms with Gasteiger partial charge in [0.05, 0.1) is 11.9 Å². The average Bonchev–Trinajstić information content (AvgIpc) is 2.48. The van der Waals surface area contributed by atoms with Crippen LogP contribution in [0.25, 0.3) is 0 Å². The van der Waals surface area contributed by atoms with Gasteiger partial charge in [-0.25, -0.2) is 0 Å². The number of hydrogen-bond donors (Lipinski definition) is 0. The van der Waals surface area contributed by atoms with E-state index >= 15 is 0 Å². The molecule has 2 unspecified atom stereocenters. The summed E-state index contributed by atoms with van der Waals surface area (Å²) in [5.41, 5.74) is 0. The van der Waals surface area contributed by atoms with Crippen LogP contribution in [0.5, 0.6) is 11.5 Å². The molecule has 2 atom stereocenters. The normalized spacial score (nSPS) is 12.9. The van der Waals surface area contributed by atoms with Crippen molar-refractivity contribution in [3.63, 3.8) is 0 Å². The molecule has 2 rings (SSSR count). The third-order valence-corrected chi connectivity index (χ3v) is 2.96. The van der Waals surface area contributed by atoms with Crippen LogP contribution < -0.4 is 9.47 Å². The Hall–Kier alpha value is -0.856. The molecule has 0 fully saturated rings. The summed E-state index contributed by atoms with van der Waals surface area (Å²) in [6.45, 7) is 7.89. The second-order valence-electron chi connectivity index (χ2n) is 4.78. The maximum absolute atomic E-state index is 5.94. The van der Waals surface area contributed by atoms with E-state index in [4.69, 9.17) is 9.47 Å². The van der Waals surface area contributed by atoms with E-state index in [-0.39, 0.29) is 44.7 Å². The Morgan fingerprint density at radius 1 is 0.952 bits per heavy atom. The Kier molecular flexibility index (Phi) is 8.64. The second-order valence-corrected chi connectivity index (χ2v) is 4.78. The molecule has 0 saturated heterocycles. The van der Waals surface area contributed by atoms with E-state index in [0.29, 0.717) is 6.42 Å². The summed E-state index contributed by atoms with van der Waals surface area (Å²) >= 11 is 0. The molecule has 0 aliphatic heterocycles. The summed E-state index contributed by atoms with van der Waals surface area (Å²) in [6.07, 6.45) is 0.690. The van der Waals surface area contributed by atoms with E-state index in [0.717, 1.165) is 11.5 Å². The quantitative estimate of drug-likeness (QED) is 0.678. The van der Waals surface area contributed by atoms with Crippen LogP contribution in [0, 0.1) is 19.4 Å². The SMILES string of the molecule is [CH2-]C(C)C(C[CH-]Oc1ccccc1)Oc1ccccc1.[Y]. The topological polar surface area (TPSA) is 18.5 Å². The molecule has 0 aromatic heterocycles. The predicted molar refractivity (Wildman–Crippen MR) is 81.4 cm³/mol. The molecule has 0 aliphatic carbocycles. The second kappa shape index (κ2) is 9.97. The van der Waals surface area contributed by atoms with Crippen molar-refractivity contribution in [3.05, 3.63) is 74.2 Å². The molecule has 2 aromatic carbocycles. The smallest absolute Gasteiger partial charge is 0.119 e. The van der Waals surface area contributed by atoms with Crippen molar-refractivity contribution in [1.82, 2.24) is 0 Å². The van der Waals surface area contributed by atoms with Crippen molar-refractivity contribution in [2.75, 3.05) is 0 Å². The summed E-state index contributed by atoms with van der Waals surface area (Å²) in [5, 5.41) is 0. The number of para-hydroxylation sites is 2.